The fourth-order valence-electron chi connectivity index (χ4n) is 3.06. The minimum absolute atomic E-state index is 0.0244. The largest absolute Gasteiger partial charge is 0.345 e. The number of carbonyl (C=O) groups is 1. The van der Waals surface area contributed by atoms with Crippen molar-refractivity contribution in [2.24, 2.45) is 5.92 Å². The van der Waals surface area contributed by atoms with Crippen LogP contribution in [0.15, 0.2) is 30.3 Å². The molecule has 118 valence electrons. The van der Waals surface area contributed by atoms with Gasteiger partial charge in [0.2, 0.25) is 0 Å². The van der Waals surface area contributed by atoms with Crippen LogP contribution < -0.4 is 5.32 Å². The summed E-state index contributed by atoms with van der Waals surface area (Å²) >= 11 is 3.30. The van der Waals surface area contributed by atoms with Crippen molar-refractivity contribution in [1.29, 1.82) is 0 Å². The first-order valence-corrected chi connectivity index (χ1v) is 9.56. The average Bonchev–Trinajstić information content (AvgIpc) is 3.15. The molecular weight excluding hydrogens is 324 g/mol. The van der Waals surface area contributed by atoms with Gasteiger partial charge < -0.3 is 5.32 Å². The third-order valence-electron chi connectivity index (χ3n) is 4.29. The monoisotopic (exact) mass is 342 g/mol. The van der Waals surface area contributed by atoms with E-state index in [4.69, 9.17) is 0 Å². The summed E-state index contributed by atoms with van der Waals surface area (Å²) < 4.78 is 1.16. The summed E-state index contributed by atoms with van der Waals surface area (Å²) in [5, 5.41) is 3.97. The Balaban J connectivity index is 1.45. The second-order valence-electron chi connectivity index (χ2n) is 6.17. The summed E-state index contributed by atoms with van der Waals surface area (Å²) in [7, 11) is 0. The minimum atomic E-state index is 0.0244. The topological polar surface area (TPSA) is 42.0 Å². The van der Waals surface area contributed by atoms with Crippen LogP contribution in [0.4, 0.5) is 0 Å². The second-order valence-corrected chi connectivity index (χ2v) is 8.42. The Hall–Kier alpha value is -1.72. The van der Waals surface area contributed by atoms with E-state index in [-0.39, 0.29) is 5.91 Å². The van der Waals surface area contributed by atoms with Crippen molar-refractivity contribution >= 4 is 38.8 Å². The molecule has 1 amide bonds. The van der Waals surface area contributed by atoms with Gasteiger partial charge in [0.15, 0.2) is 0 Å². The highest BCUT2D eigenvalue weighted by Gasteiger charge is 2.20. The number of thiophene rings is 1. The molecule has 23 heavy (non-hydrogen) atoms. The van der Waals surface area contributed by atoms with Gasteiger partial charge in [0.05, 0.1) is 21.6 Å². The van der Waals surface area contributed by atoms with Crippen LogP contribution in [0.25, 0.3) is 10.2 Å². The normalized spacial score (nSPS) is 17.2. The van der Waals surface area contributed by atoms with Crippen LogP contribution in [-0.2, 0) is 19.4 Å². The number of aryl methyl sites for hydroxylation is 1. The van der Waals surface area contributed by atoms with E-state index in [9.17, 15) is 4.79 Å². The molecular formula is C18H18N2OS2. The number of hydrogen-bond donors (Lipinski definition) is 1. The number of benzene rings is 1. The van der Waals surface area contributed by atoms with Crippen molar-refractivity contribution in [3.63, 3.8) is 0 Å². The number of nitrogens with zero attached hydrogens (tertiary/aromatic N) is 1. The van der Waals surface area contributed by atoms with Gasteiger partial charge >= 0.3 is 0 Å². The van der Waals surface area contributed by atoms with Crippen molar-refractivity contribution < 1.29 is 4.79 Å². The number of para-hydroxylation sites is 1. The van der Waals surface area contributed by atoms with Gasteiger partial charge in [0.1, 0.15) is 5.01 Å². The lowest BCUT2D eigenvalue weighted by molar-refractivity contribution is 0.0955. The molecule has 0 bridgehead atoms. The molecule has 5 heteroatoms. The van der Waals surface area contributed by atoms with Gasteiger partial charge in [-0.05, 0) is 48.9 Å². The molecule has 1 atom stereocenters. The maximum Gasteiger partial charge on any atom is 0.261 e. The van der Waals surface area contributed by atoms with Crippen molar-refractivity contribution in [3.05, 3.63) is 50.7 Å². The fraction of sp³-hybridized carbons (Fsp3) is 0.333. The highest BCUT2D eigenvalue weighted by molar-refractivity contribution is 7.18. The first kappa shape index (κ1) is 14.8. The molecule has 2 aromatic heterocycles. The first-order valence-electron chi connectivity index (χ1n) is 7.93. The van der Waals surface area contributed by atoms with Gasteiger partial charge in [0.25, 0.3) is 5.91 Å². The lowest BCUT2D eigenvalue weighted by atomic mass is 9.90. The summed E-state index contributed by atoms with van der Waals surface area (Å²) in [6.45, 7) is 2.78. The van der Waals surface area contributed by atoms with Crippen LogP contribution in [0.2, 0.25) is 0 Å². The Morgan fingerprint density at radius 3 is 3.09 bits per heavy atom. The van der Waals surface area contributed by atoms with Crippen LogP contribution in [0.3, 0.4) is 0 Å². The zero-order valence-corrected chi connectivity index (χ0v) is 14.6. The van der Waals surface area contributed by atoms with E-state index < -0.39 is 0 Å². The summed E-state index contributed by atoms with van der Waals surface area (Å²) in [6, 6.07) is 10.2. The molecule has 3 nitrogen and oxygen atoms in total. The van der Waals surface area contributed by atoms with E-state index in [0.717, 1.165) is 38.9 Å². The second kappa shape index (κ2) is 6.06. The number of nitrogens with one attached hydrogen (secondary N) is 1. The summed E-state index contributed by atoms with van der Waals surface area (Å²) in [5.41, 5.74) is 2.38. The number of carbonyl (C=O) groups excluding carboxylic acids is 1. The first-order chi connectivity index (χ1) is 11.2. The minimum Gasteiger partial charge on any atom is -0.345 e. The zero-order valence-electron chi connectivity index (χ0n) is 13.0. The highest BCUT2D eigenvalue weighted by Crippen LogP contribution is 2.32. The van der Waals surface area contributed by atoms with Crippen LogP contribution in [0.1, 0.15) is 38.5 Å². The van der Waals surface area contributed by atoms with Crippen molar-refractivity contribution in [2.75, 3.05) is 0 Å². The van der Waals surface area contributed by atoms with E-state index >= 15 is 0 Å². The van der Waals surface area contributed by atoms with E-state index in [2.05, 4.69) is 29.4 Å². The predicted octanol–water partition coefficient (Wildman–Crippen LogP) is 4.41. The molecule has 1 aliphatic carbocycles. The van der Waals surface area contributed by atoms with Crippen molar-refractivity contribution in [2.45, 2.75) is 32.7 Å². The Morgan fingerprint density at radius 2 is 2.22 bits per heavy atom. The number of fused-ring (bicyclic) bond motifs is 2. The van der Waals surface area contributed by atoms with Gasteiger partial charge in [-0.15, -0.1) is 22.7 Å². The van der Waals surface area contributed by atoms with Gasteiger partial charge in [-0.3, -0.25) is 4.79 Å². The Kier molecular flexibility index (Phi) is 3.91. The van der Waals surface area contributed by atoms with Crippen molar-refractivity contribution in [3.8, 4) is 0 Å². The van der Waals surface area contributed by atoms with Crippen LogP contribution in [-0.4, -0.2) is 10.9 Å². The maximum absolute atomic E-state index is 12.4. The summed E-state index contributed by atoms with van der Waals surface area (Å²) in [6.07, 6.45) is 3.46. The van der Waals surface area contributed by atoms with E-state index in [1.165, 1.54) is 16.9 Å². The maximum atomic E-state index is 12.4. The van der Waals surface area contributed by atoms with Crippen LogP contribution >= 0.6 is 22.7 Å². The molecule has 3 aromatic rings. The molecule has 1 aliphatic rings. The van der Waals surface area contributed by atoms with Gasteiger partial charge in [-0.2, -0.15) is 0 Å². The number of rotatable bonds is 3. The lowest BCUT2D eigenvalue weighted by Gasteiger charge is -2.16. The average molecular weight is 342 g/mol. The van der Waals surface area contributed by atoms with E-state index in [0.29, 0.717) is 6.54 Å². The number of hydrogen-bond acceptors (Lipinski definition) is 4. The van der Waals surface area contributed by atoms with E-state index in [1.807, 2.05) is 18.2 Å². The summed E-state index contributed by atoms with van der Waals surface area (Å²) in [4.78, 5) is 19.2. The van der Waals surface area contributed by atoms with Crippen LogP contribution in [0, 0.1) is 5.92 Å². The third-order valence-corrected chi connectivity index (χ3v) is 6.56. The number of thiazole rings is 1. The molecule has 2 heterocycles. The zero-order chi connectivity index (χ0) is 15.8. The Morgan fingerprint density at radius 1 is 1.35 bits per heavy atom. The molecule has 1 N–H and O–H groups in total. The molecule has 0 spiro atoms. The van der Waals surface area contributed by atoms with Gasteiger partial charge in [-0.1, -0.05) is 19.1 Å². The van der Waals surface area contributed by atoms with Crippen molar-refractivity contribution in [1.82, 2.24) is 10.3 Å². The molecule has 0 aliphatic heterocycles. The molecule has 0 saturated heterocycles. The molecule has 1 unspecified atom stereocenters. The van der Waals surface area contributed by atoms with E-state index in [1.54, 1.807) is 22.7 Å². The summed E-state index contributed by atoms with van der Waals surface area (Å²) in [5.74, 6) is 0.757. The Labute approximate surface area is 143 Å². The molecule has 1 aromatic carbocycles. The quantitative estimate of drug-likeness (QED) is 0.766. The SMILES string of the molecule is CC1CCc2sc(C(=O)NCc3nc4ccccc4s3)cc2C1. The highest BCUT2D eigenvalue weighted by atomic mass is 32.1. The van der Waals surface area contributed by atoms with Gasteiger partial charge in [0, 0.05) is 4.88 Å². The predicted molar refractivity (Wildman–Crippen MR) is 96.3 cm³/mol. The lowest BCUT2D eigenvalue weighted by Crippen LogP contribution is -2.21. The smallest absolute Gasteiger partial charge is 0.261 e. The standard InChI is InChI=1S/C18H18N2OS2/c1-11-6-7-14-12(8-11)9-16(22-14)18(21)19-10-17-20-13-4-2-3-5-15(13)23-17/h2-5,9,11H,6-8,10H2,1H3,(H,19,21). The molecule has 0 fully saturated rings. The van der Waals surface area contributed by atoms with Crippen LogP contribution in [0.5, 0.6) is 0 Å². The van der Waals surface area contributed by atoms with Gasteiger partial charge in [-0.25, -0.2) is 4.98 Å². The molecule has 0 saturated carbocycles. The molecule has 0 radical (unpaired) electrons. The molecule has 4 rings (SSSR count). The number of aromatic nitrogens is 1. The fourth-order valence-corrected chi connectivity index (χ4v) is 5.09. The number of amides is 1. The Bertz CT molecular complexity index is 832. The third kappa shape index (κ3) is 3.03.